The molecule has 0 bridgehead atoms. The van der Waals surface area contributed by atoms with Gasteiger partial charge in [-0.3, -0.25) is 4.90 Å². The summed E-state index contributed by atoms with van der Waals surface area (Å²) < 4.78 is 31.2. The molecule has 3 heterocycles. The molecule has 1 N–H and O–H groups in total. The minimum absolute atomic E-state index is 0.0806. The Morgan fingerprint density at radius 2 is 1.86 bits per heavy atom. The van der Waals surface area contributed by atoms with Crippen molar-refractivity contribution in [3.8, 4) is 0 Å². The minimum atomic E-state index is -1.81. The van der Waals surface area contributed by atoms with E-state index in [1.807, 2.05) is 18.2 Å². The first-order valence-corrected chi connectivity index (χ1v) is 12.3. The Morgan fingerprint density at radius 1 is 1.03 bits per heavy atom. The smallest absolute Gasteiger partial charge is 0.152 e. The van der Waals surface area contributed by atoms with Crippen molar-refractivity contribution in [2.24, 2.45) is 0 Å². The monoisotopic (exact) mass is 529 g/mol. The third-order valence-corrected chi connectivity index (χ3v) is 6.77. The lowest BCUT2D eigenvalue weighted by Gasteiger charge is -2.36. The van der Waals surface area contributed by atoms with E-state index in [9.17, 15) is 13.9 Å². The van der Waals surface area contributed by atoms with Crippen LogP contribution < -0.4 is 4.90 Å². The van der Waals surface area contributed by atoms with Gasteiger partial charge in [-0.1, -0.05) is 23.7 Å². The Hall–Kier alpha value is -3.48. The molecule has 0 saturated carbocycles. The van der Waals surface area contributed by atoms with Crippen LogP contribution in [0.25, 0.3) is 0 Å². The van der Waals surface area contributed by atoms with Crippen molar-refractivity contribution in [1.82, 2.24) is 39.9 Å². The fourth-order valence-electron chi connectivity index (χ4n) is 4.60. The number of benzene rings is 2. The maximum atomic E-state index is 14.7. The lowest BCUT2D eigenvalue weighted by molar-refractivity contribution is -0.00975. The van der Waals surface area contributed by atoms with Crippen LogP contribution in [0.15, 0.2) is 55.1 Å². The number of hydrogen-bond donors (Lipinski definition) is 1. The van der Waals surface area contributed by atoms with Gasteiger partial charge < -0.3 is 10.0 Å². The zero-order valence-electron chi connectivity index (χ0n) is 20.0. The highest BCUT2D eigenvalue weighted by Crippen LogP contribution is 2.29. The van der Waals surface area contributed by atoms with Crippen molar-refractivity contribution >= 4 is 17.3 Å². The second-order valence-corrected chi connectivity index (χ2v) is 9.50. The molecule has 2 aromatic carbocycles. The molecule has 37 heavy (non-hydrogen) atoms. The Bertz CT molecular complexity index is 1330. The minimum Gasteiger partial charge on any atom is -0.381 e. The third kappa shape index (κ3) is 5.92. The van der Waals surface area contributed by atoms with Crippen molar-refractivity contribution < 1.29 is 13.9 Å². The van der Waals surface area contributed by atoms with Crippen LogP contribution in [-0.2, 0) is 25.1 Å². The molecule has 1 fully saturated rings. The summed E-state index contributed by atoms with van der Waals surface area (Å²) in [5, 5.41) is 28.3. The number of aliphatic hydroxyl groups is 1. The molecular formula is C24H26ClF2N9O. The Balaban J connectivity index is 1.26. The second-order valence-electron chi connectivity index (χ2n) is 9.06. The number of anilines is 1. The molecule has 1 aliphatic heterocycles. The van der Waals surface area contributed by atoms with Gasteiger partial charge in [0.1, 0.15) is 29.9 Å². The summed E-state index contributed by atoms with van der Waals surface area (Å²) in [5.74, 6) is -1.05. The molecule has 1 saturated heterocycles. The first-order valence-electron chi connectivity index (χ1n) is 11.9. The summed E-state index contributed by atoms with van der Waals surface area (Å²) in [6.45, 7) is 3.91. The summed E-state index contributed by atoms with van der Waals surface area (Å²) in [7, 11) is 0. The van der Waals surface area contributed by atoms with Crippen LogP contribution in [0.5, 0.6) is 0 Å². The summed E-state index contributed by atoms with van der Waals surface area (Å²) >= 11 is 6.13. The molecule has 1 unspecified atom stereocenters. The Morgan fingerprint density at radius 3 is 2.59 bits per heavy atom. The number of halogens is 3. The van der Waals surface area contributed by atoms with E-state index in [2.05, 4.69) is 41.5 Å². The zero-order valence-corrected chi connectivity index (χ0v) is 20.7. The van der Waals surface area contributed by atoms with Crippen molar-refractivity contribution in [1.29, 1.82) is 0 Å². The molecule has 1 aliphatic rings. The van der Waals surface area contributed by atoms with Crippen LogP contribution in [0.3, 0.4) is 0 Å². The summed E-state index contributed by atoms with van der Waals surface area (Å²) in [6.07, 6.45) is 3.27. The standard InChI is InChI=1S/C24H26ClF2N9O/c25-18-2-1-3-20(12-18)34-10-8-33(9-11-34)7-6-23-30-31-32-36(23)15-24(37,14-35-17-28-16-29-35)21-5-4-19(26)13-22(21)27/h1-5,12-13,16-17,37H,6-11,14-15H2. The predicted octanol–water partition coefficient (Wildman–Crippen LogP) is 2.15. The van der Waals surface area contributed by atoms with E-state index in [0.717, 1.165) is 55.6 Å². The van der Waals surface area contributed by atoms with Gasteiger partial charge in [0, 0.05) is 61.5 Å². The van der Waals surface area contributed by atoms with Gasteiger partial charge in [0.05, 0.1) is 13.1 Å². The van der Waals surface area contributed by atoms with Gasteiger partial charge in [-0.15, -0.1) is 5.10 Å². The number of tetrazole rings is 1. The van der Waals surface area contributed by atoms with Gasteiger partial charge in [0.2, 0.25) is 0 Å². The first kappa shape index (κ1) is 25.2. The highest BCUT2D eigenvalue weighted by Gasteiger charge is 2.35. The number of hydrogen-bond acceptors (Lipinski definition) is 8. The number of nitrogens with zero attached hydrogens (tertiary/aromatic N) is 9. The maximum Gasteiger partial charge on any atom is 0.152 e. The van der Waals surface area contributed by atoms with Crippen LogP contribution in [-0.4, -0.2) is 77.7 Å². The molecule has 4 aromatic rings. The fraction of sp³-hybridized carbons (Fsp3) is 0.375. The lowest BCUT2D eigenvalue weighted by Crippen LogP contribution is -2.47. The molecule has 0 spiro atoms. The largest absolute Gasteiger partial charge is 0.381 e. The molecule has 0 radical (unpaired) electrons. The highest BCUT2D eigenvalue weighted by atomic mass is 35.5. The van der Waals surface area contributed by atoms with Crippen molar-refractivity contribution in [2.45, 2.75) is 25.1 Å². The first-order chi connectivity index (χ1) is 17.9. The molecule has 13 heteroatoms. The van der Waals surface area contributed by atoms with Gasteiger partial charge in [0.25, 0.3) is 0 Å². The van der Waals surface area contributed by atoms with E-state index in [0.29, 0.717) is 12.2 Å². The predicted molar refractivity (Wildman–Crippen MR) is 132 cm³/mol. The molecule has 2 aromatic heterocycles. The van der Waals surface area contributed by atoms with Crippen molar-refractivity contribution in [3.05, 3.63) is 83.2 Å². The van der Waals surface area contributed by atoms with E-state index in [4.69, 9.17) is 11.6 Å². The number of aromatic nitrogens is 7. The summed E-state index contributed by atoms with van der Waals surface area (Å²) in [6, 6.07) is 10.9. The van der Waals surface area contributed by atoms with Crippen LogP contribution in [0.2, 0.25) is 5.02 Å². The van der Waals surface area contributed by atoms with Crippen LogP contribution in [0.1, 0.15) is 11.4 Å². The highest BCUT2D eigenvalue weighted by molar-refractivity contribution is 6.30. The van der Waals surface area contributed by atoms with Crippen molar-refractivity contribution in [3.63, 3.8) is 0 Å². The lowest BCUT2D eigenvalue weighted by atomic mass is 9.92. The molecule has 1 atom stereocenters. The van der Waals surface area contributed by atoms with Crippen molar-refractivity contribution in [2.75, 3.05) is 37.6 Å². The van der Waals surface area contributed by atoms with Gasteiger partial charge >= 0.3 is 0 Å². The number of rotatable bonds is 9. The number of piperazine rings is 1. The summed E-state index contributed by atoms with van der Waals surface area (Å²) in [5.41, 5.74) is -0.781. The SMILES string of the molecule is OC(Cn1cncn1)(Cn1nnnc1CCN1CCN(c2cccc(Cl)c2)CC1)c1ccc(F)cc1F. The molecular weight excluding hydrogens is 504 g/mol. The average Bonchev–Trinajstić information content (AvgIpc) is 3.55. The van der Waals surface area contributed by atoms with Gasteiger partial charge in [-0.05, 0) is 34.7 Å². The fourth-order valence-corrected chi connectivity index (χ4v) is 4.79. The van der Waals surface area contributed by atoms with E-state index >= 15 is 0 Å². The molecule has 10 nitrogen and oxygen atoms in total. The third-order valence-electron chi connectivity index (χ3n) is 6.54. The normalized spacial score (nSPS) is 16.2. The molecule has 0 amide bonds. The Labute approximate surface area is 217 Å². The van der Waals surface area contributed by atoms with Gasteiger partial charge in [-0.2, -0.15) is 5.10 Å². The second kappa shape index (κ2) is 10.9. The average molecular weight is 530 g/mol. The van der Waals surface area contributed by atoms with E-state index in [1.54, 1.807) is 0 Å². The quantitative estimate of drug-likeness (QED) is 0.352. The van der Waals surface area contributed by atoms with E-state index < -0.39 is 17.2 Å². The van der Waals surface area contributed by atoms with Crippen LogP contribution in [0, 0.1) is 11.6 Å². The molecule has 5 rings (SSSR count). The molecule has 0 aliphatic carbocycles. The summed E-state index contributed by atoms with van der Waals surface area (Å²) in [4.78, 5) is 8.51. The molecule has 194 valence electrons. The maximum absolute atomic E-state index is 14.7. The van der Waals surface area contributed by atoms with E-state index in [-0.39, 0.29) is 18.7 Å². The van der Waals surface area contributed by atoms with Crippen LogP contribution >= 0.6 is 11.6 Å². The van der Waals surface area contributed by atoms with Crippen LogP contribution in [0.4, 0.5) is 14.5 Å². The van der Waals surface area contributed by atoms with Gasteiger partial charge in [-0.25, -0.2) is 23.1 Å². The topological polar surface area (TPSA) is 101 Å². The van der Waals surface area contributed by atoms with E-state index in [1.165, 1.54) is 28.1 Å². The van der Waals surface area contributed by atoms with Gasteiger partial charge in [0.15, 0.2) is 5.82 Å². The zero-order chi connectivity index (χ0) is 25.8. The Kier molecular flexibility index (Phi) is 7.40.